The van der Waals surface area contributed by atoms with Crippen molar-refractivity contribution in [2.75, 3.05) is 0 Å². The summed E-state index contributed by atoms with van der Waals surface area (Å²) in [7, 11) is -1.72. The molecule has 1 aliphatic heterocycles. The van der Waals surface area contributed by atoms with E-state index in [9.17, 15) is 9.90 Å². The molecular weight excluding hydrogens is 214 g/mol. The first-order valence-corrected chi connectivity index (χ1v) is 5.45. The molecule has 68 valence electrons. The lowest BCUT2D eigenvalue weighted by Gasteiger charge is -2.19. The van der Waals surface area contributed by atoms with Crippen LogP contribution in [-0.2, 0) is 4.52 Å². The fourth-order valence-corrected chi connectivity index (χ4v) is 1.98. The van der Waals surface area contributed by atoms with E-state index in [1.807, 2.05) is 0 Å². The fourth-order valence-electron chi connectivity index (χ4n) is 1.01. The normalized spacial score (nSPS) is 20.1. The number of halogens is 1. The number of carbonyl (C=O) groups is 1. The fraction of sp³-hybridized carbons (Fsp3) is 0. The monoisotopic (exact) mass is 218 g/mol. The van der Waals surface area contributed by atoms with Gasteiger partial charge < -0.3 is 14.2 Å². The minimum atomic E-state index is -1.72. The summed E-state index contributed by atoms with van der Waals surface area (Å²) < 4.78 is 9.61. The largest absolute Gasteiger partial charge is 0.507 e. The molecule has 0 saturated carbocycles. The lowest BCUT2D eigenvalue weighted by atomic mass is 10.2. The highest BCUT2D eigenvalue weighted by Crippen LogP contribution is 2.51. The van der Waals surface area contributed by atoms with Gasteiger partial charge in [0.15, 0.2) is 0 Å². The molecule has 0 bridgehead atoms. The van der Waals surface area contributed by atoms with Gasteiger partial charge in [-0.05, 0) is 23.4 Å². The number of hydrogen-bond donors (Lipinski definition) is 1. The van der Waals surface area contributed by atoms with E-state index >= 15 is 0 Å². The Morgan fingerprint density at radius 3 is 2.92 bits per heavy atom. The molecule has 1 aromatic rings. The molecular formula is C7H4ClO4P. The van der Waals surface area contributed by atoms with Crippen molar-refractivity contribution in [2.45, 2.75) is 0 Å². The Morgan fingerprint density at radius 2 is 2.15 bits per heavy atom. The van der Waals surface area contributed by atoms with E-state index in [4.69, 9.17) is 15.8 Å². The van der Waals surface area contributed by atoms with Crippen molar-refractivity contribution < 1.29 is 18.9 Å². The Bertz CT molecular complexity index is 368. The third kappa shape index (κ3) is 1.43. The average molecular weight is 219 g/mol. The standard InChI is InChI=1S/C7H4ClO4P/c8-13-11-5-3-1-2-4(9)6(5)7(10)12-13/h1-3,9H. The van der Waals surface area contributed by atoms with E-state index in [-0.39, 0.29) is 17.1 Å². The molecule has 13 heavy (non-hydrogen) atoms. The van der Waals surface area contributed by atoms with Gasteiger partial charge in [-0.25, -0.2) is 4.79 Å². The van der Waals surface area contributed by atoms with Gasteiger partial charge in [0.2, 0.25) is 0 Å². The van der Waals surface area contributed by atoms with Crippen molar-refractivity contribution in [2.24, 2.45) is 0 Å². The van der Waals surface area contributed by atoms with Crippen molar-refractivity contribution in [3.8, 4) is 11.5 Å². The summed E-state index contributed by atoms with van der Waals surface area (Å²) in [6.07, 6.45) is 0. The van der Waals surface area contributed by atoms with Crippen LogP contribution in [0.15, 0.2) is 18.2 Å². The minimum Gasteiger partial charge on any atom is -0.507 e. The molecule has 4 nitrogen and oxygen atoms in total. The first kappa shape index (κ1) is 8.60. The number of phenolic OH excluding ortho intramolecular Hbond substituents is 1. The molecule has 1 atom stereocenters. The van der Waals surface area contributed by atoms with Crippen LogP contribution in [0.25, 0.3) is 0 Å². The van der Waals surface area contributed by atoms with Crippen LogP contribution in [0.1, 0.15) is 10.4 Å². The van der Waals surface area contributed by atoms with Crippen LogP contribution in [0.5, 0.6) is 11.5 Å². The second-order valence-electron chi connectivity index (χ2n) is 2.33. The number of rotatable bonds is 0. The number of hydrogen-bond acceptors (Lipinski definition) is 4. The van der Waals surface area contributed by atoms with Crippen LogP contribution in [0.4, 0.5) is 0 Å². The Balaban J connectivity index is 2.55. The summed E-state index contributed by atoms with van der Waals surface area (Å²) in [6.45, 7) is 0. The quantitative estimate of drug-likeness (QED) is 0.680. The van der Waals surface area contributed by atoms with Crippen LogP contribution in [0.3, 0.4) is 0 Å². The molecule has 1 heterocycles. The highest BCUT2D eigenvalue weighted by atomic mass is 35.7. The van der Waals surface area contributed by atoms with E-state index in [1.54, 1.807) is 12.1 Å². The third-order valence-electron chi connectivity index (χ3n) is 1.53. The number of carbonyl (C=O) groups excluding carboxylic acids is 1. The number of fused-ring (bicyclic) bond motifs is 1. The van der Waals surface area contributed by atoms with Crippen LogP contribution in [0.2, 0.25) is 0 Å². The third-order valence-corrected chi connectivity index (χ3v) is 2.60. The molecule has 0 amide bonds. The molecule has 0 fully saturated rings. The lowest BCUT2D eigenvalue weighted by molar-refractivity contribution is 0.0724. The molecule has 0 saturated heterocycles. The van der Waals surface area contributed by atoms with Gasteiger partial charge >= 0.3 is 13.7 Å². The van der Waals surface area contributed by atoms with Crippen LogP contribution in [-0.4, -0.2) is 11.1 Å². The topological polar surface area (TPSA) is 55.8 Å². The van der Waals surface area contributed by atoms with E-state index in [0.29, 0.717) is 0 Å². The summed E-state index contributed by atoms with van der Waals surface area (Å²) in [5.41, 5.74) is 0.0295. The molecule has 0 spiro atoms. The van der Waals surface area contributed by atoms with Crippen molar-refractivity contribution >= 4 is 24.9 Å². The number of phenols is 1. The van der Waals surface area contributed by atoms with Crippen molar-refractivity contribution in [1.82, 2.24) is 0 Å². The summed E-state index contributed by atoms with van der Waals surface area (Å²) in [5.74, 6) is -0.555. The lowest BCUT2D eigenvalue weighted by Crippen LogP contribution is -2.09. The van der Waals surface area contributed by atoms with Gasteiger partial charge in [-0.1, -0.05) is 6.07 Å². The predicted molar refractivity (Wildman–Crippen MR) is 46.9 cm³/mol. The average Bonchev–Trinajstić information content (AvgIpc) is 2.02. The molecule has 0 aliphatic carbocycles. The maximum absolute atomic E-state index is 11.2. The maximum Gasteiger partial charge on any atom is 0.403 e. The van der Waals surface area contributed by atoms with E-state index < -0.39 is 13.7 Å². The minimum absolute atomic E-state index is 0.0295. The van der Waals surface area contributed by atoms with Gasteiger partial charge in [0, 0.05) is 0 Å². The van der Waals surface area contributed by atoms with Crippen molar-refractivity contribution in [3.63, 3.8) is 0 Å². The molecule has 0 aromatic heterocycles. The van der Waals surface area contributed by atoms with Gasteiger partial charge in [-0.2, -0.15) is 0 Å². The SMILES string of the molecule is O=C1OP(Cl)Oc2cccc(O)c21. The Morgan fingerprint density at radius 1 is 1.38 bits per heavy atom. The number of benzene rings is 1. The Labute approximate surface area is 79.7 Å². The summed E-state index contributed by atoms with van der Waals surface area (Å²) in [6, 6.07) is 4.49. The molecule has 1 aromatic carbocycles. The molecule has 1 aliphatic rings. The van der Waals surface area contributed by atoms with Crippen LogP contribution >= 0.6 is 19.0 Å². The van der Waals surface area contributed by atoms with Crippen molar-refractivity contribution in [3.05, 3.63) is 23.8 Å². The van der Waals surface area contributed by atoms with Gasteiger partial charge in [0.25, 0.3) is 0 Å². The molecule has 6 heteroatoms. The van der Waals surface area contributed by atoms with Gasteiger partial charge in [-0.3, -0.25) is 0 Å². The first-order valence-electron chi connectivity index (χ1n) is 3.36. The molecule has 1 unspecified atom stereocenters. The van der Waals surface area contributed by atoms with Gasteiger partial charge in [-0.15, -0.1) is 0 Å². The molecule has 1 N–H and O–H groups in total. The first-order chi connectivity index (χ1) is 6.18. The zero-order valence-corrected chi connectivity index (χ0v) is 7.88. The predicted octanol–water partition coefficient (Wildman–Crippen LogP) is 2.41. The highest BCUT2D eigenvalue weighted by molar-refractivity contribution is 7.76. The smallest absolute Gasteiger partial charge is 0.403 e. The van der Waals surface area contributed by atoms with Crippen LogP contribution in [0, 0.1) is 0 Å². The van der Waals surface area contributed by atoms with E-state index in [2.05, 4.69) is 4.52 Å². The zero-order chi connectivity index (χ0) is 9.42. The van der Waals surface area contributed by atoms with Crippen molar-refractivity contribution in [1.29, 1.82) is 0 Å². The summed E-state index contributed by atoms with van der Waals surface area (Å²) in [5, 5.41) is 9.30. The summed E-state index contributed by atoms with van der Waals surface area (Å²) >= 11 is 5.51. The second-order valence-corrected chi connectivity index (χ2v) is 3.95. The van der Waals surface area contributed by atoms with Gasteiger partial charge in [0.1, 0.15) is 17.1 Å². The second kappa shape index (κ2) is 3.05. The zero-order valence-electron chi connectivity index (χ0n) is 6.23. The van der Waals surface area contributed by atoms with E-state index in [1.165, 1.54) is 6.07 Å². The maximum atomic E-state index is 11.2. The summed E-state index contributed by atoms with van der Waals surface area (Å²) in [4.78, 5) is 11.2. The molecule has 0 radical (unpaired) electrons. The number of aromatic hydroxyl groups is 1. The Kier molecular flexibility index (Phi) is 2.02. The van der Waals surface area contributed by atoms with Crippen LogP contribution < -0.4 is 4.52 Å². The van der Waals surface area contributed by atoms with E-state index in [0.717, 1.165) is 0 Å². The Hall–Kier alpha value is -0.990. The van der Waals surface area contributed by atoms with Gasteiger partial charge in [0.05, 0.1) is 0 Å². The molecule has 2 rings (SSSR count). The highest BCUT2D eigenvalue weighted by Gasteiger charge is 2.30.